The number of nitrogens with one attached hydrogen (secondary N) is 1. The number of carbonyl (C=O) groups is 1. The van der Waals surface area contributed by atoms with Crippen LogP contribution in [0.5, 0.6) is 0 Å². The highest BCUT2D eigenvalue weighted by Gasteiger charge is 2.19. The van der Waals surface area contributed by atoms with Gasteiger partial charge in [-0.1, -0.05) is 31.9 Å². The molecule has 0 fully saturated rings. The molecule has 26 heavy (non-hydrogen) atoms. The van der Waals surface area contributed by atoms with E-state index < -0.39 is 0 Å². The minimum Gasteiger partial charge on any atom is -0.321 e. The number of hydrogen-bond donors (Lipinski definition) is 1. The zero-order valence-electron chi connectivity index (χ0n) is 15.3. The molecule has 0 spiro atoms. The standard InChI is InChI=1S/C20H23N3O2S/c1-4-5-6-10-23-12-21-19-16(20(23)25)14(3)17(26-19)18(24)22-15-9-7-8-13(2)11-15/h7-9,11-12H,4-6,10H2,1-3H3,(H,22,24). The van der Waals surface area contributed by atoms with Crippen LogP contribution in [0.15, 0.2) is 35.4 Å². The van der Waals surface area contributed by atoms with Crippen LogP contribution in [-0.2, 0) is 6.54 Å². The average molecular weight is 369 g/mol. The fourth-order valence-corrected chi connectivity index (χ4v) is 4.01. The quantitative estimate of drug-likeness (QED) is 0.650. The van der Waals surface area contributed by atoms with Crippen molar-refractivity contribution in [3.05, 3.63) is 57.0 Å². The Balaban J connectivity index is 1.92. The first-order valence-corrected chi connectivity index (χ1v) is 9.69. The molecule has 0 aliphatic rings. The summed E-state index contributed by atoms with van der Waals surface area (Å²) in [6, 6.07) is 7.65. The van der Waals surface area contributed by atoms with Crippen molar-refractivity contribution in [2.45, 2.75) is 46.6 Å². The second kappa shape index (κ2) is 7.83. The Bertz CT molecular complexity index is 1000. The Hall–Kier alpha value is -2.47. The minimum atomic E-state index is -0.201. The first-order chi connectivity index (χ1) is 12.5. The molecule has 0 unspecified atom stereocenters. The third-order valence-electron chi connectivity index (χ3n) is 4.40. The molecule has 0 aliphatic carbocycles. The Labute approximate surface area is 156 Å². The number of amides is 1. The van der Waals surface area contributed by atoms with Crippen molar-refractivity contribution in [2.24, 2.45) is 0 Å². The number of aromatic nitrogens is 2. The molecule has 0 saturated heterocycles. The lowest BCUT2D eigenvalue weighted by Gasteiger charge is -2.05. The summed E-state index contributed by atoms with van der Waals surface area (Å²) in [4.78, 5) is 31.0. The number of aryl methyl sites for hydroxylation is 3. The highest BCUT2D eigenvalue weighted by atomic mass is 32.1. The predicted octanol–water partition coefficient (Wildman–Crippen LogP) is 4.52. The zero-order chi connectivity index (χ0) is 18.7. The Morgan fingerprint density at radius 2 is 2.08 bits per heavy atom. The second-order valence-electron chi connectivity index (χ2n) is 6.51. The number of nitrogens with zero attached hydrogens (tertiary/aromatic N) is 2. The maximum atomic E-state index is 12.8. The highest BCUT2D eigenvalue weighted by Crippen LogP contribution is 2.27. The van der Waals surface area contributed by atoms with E-state index in [0.29, 0.717) is 27.2 Å². The first kappa shape index (κ1) is 18.3. The molecule has 0 aliphatic heterocycles. The van der Waals surface area contributed by atoms with Gasteiger partial charge < -0.3 is 5.32 Å². The Morgan fingerprint density at radius 3 is 2.81 bits per heavy atom. The fraction of sp³-hybridized carbons (Fsp3) is 0.350. The van der Waals surface area contributed by atoms with Gasteiger partial charge >= 0.3 is 0 Å². The summed E-state index contributed by atoms with van der Waals surface area (Å²) in [5, 5.41) is 3.47. The number of carbonyl (C=O) groups excluding carboxylic acids is 1. The number of fused-ring (bicyclic) bond motifs is 1. The topological polar surface area (TPSA) is 64.0 Å². The number of thiophene rings is 1. The van der Waals surface area contributed by atoms with E-state index in [9.17, 15) is 9.59 Å². The van der Waals surface area contributed by atoms with E-state index in [1.807, 2.05) is 38.1 Å². The molecule has 2 heterocycles. The van der Waals surface area contributed by atoms with Gasteiger partial charge in [0.25, 0.3) is 11.5 Å². The molecule has 0 atom stereocenters. The van der Waals surface area contributed by atoms with E-state index in [1.54, 1.807) is 10.9 Å². The summed E-state index contributed by atoms with van der Waals surface area (Å²) < 4.78 is 1.65. The van der Waals surface area contributed by atoms with Crippen LogP contribution in [-0.4, -0.2) is 15.5 Å². The van der Waals surface area contributed by atoms with E-state index >= 15 is 0 Å². The van der Waals surface area contributed by atoms with Crippen molar-refractivity contribution in [2.75, 3.05) is 5.32 Å². The zero-order valence-corrected chi connectivity index (χ0v) is 16.2. The molecule has 1 N–H and O–H groups in total. The maximum Gasteiger partial charge on any atom is 0.266 e. The lowest BCUT2D eigenvalue weighted by molar-refractivity contribution is 0.103. The van der Waals surface area contributed by atoms with Crippen LogP contribution in [0.25, 0.3) is 10.2 Å². The molecule has 0 radical (unpaired) electrons. The number of benzene rings is 1. The number of hydrogen-bond acceptors (Lipinski definition) is 4. The van der Waals surface area contributed by atoms with E-state index in [4.69, 9.17) is 0 Å². The summed E-state index contributed by atoms with van der Waals surface area (Å²) in [6.07, 6.45) is 4.73. The van der Waals surface area contributed by atoms with Crippen molar-refractivity contribution in [1.29, 1.82) is 0 Å². The Morgan fingerprint density at radius 1 is 1.27 bits per heavy atom. The van der Waals surface area contributed by atoms with Gasteiger partial charge in [-0.05, 0) is 43.5 Å². The summed E-state index contributed by atoms with van der Waals surface area (Å²) in [6.45, 7) is 6.59. The third-order valence-corrected chi connectivity index (χ3v) is 5.60. The van der Waals surface area contributed by atoms with Gasteiger partial charge in [0.05, 0.1) is 16.6 Å². The van der Waals surface area contributed by atoms with Crippen LogP contribution >= 0.6 is 11.3 Å². The van der Waals surface area contributed by atoms with Crippen molar-refractivity contribution < 1.29 is 4.79 Å². The number of rotatable bonds is 6. The Kier molecular flexibility index (Phi) is 5.52. The van der Waals surface area contributed by atoms with E-state index in [2.05, 4.69) is 17.2 Å². The summed E-state index contributed by atoms with van der Waals surface area (Å²) in [5.74, 6) is -0.201. The molecule has 5 nitrogen and oxygen atoms in total. The predicted molar refractivity (Wildman–Crippen MR) is 107 cm³/mol. The van der Waals surface area contributed by atoms with E-state index in [-0.39, 0.29) is 11.5 Å². The van der Waals surface area contributed by atoms with Crippen LogP contribution in [0.1, 0.15) is 47.0 Å². The number of unbranched alkanes of at least 4 members (excludes halogenated alkanes) is 2. The van der Waals surface area contributed by atoms with Gasteiger partial charge in [0.15, 0.2) is 0 Å². The normalized spacial score (nSPS) is 11.0. The molecule has 1 aromatic carbocycles. The van der Waals surface area contributed by atoms with Gasteiger partial charge in [-0.25, -0.2) is 4.98 Å². The minimum absolute atomic E-state index is 0.0607. The van der Waals surface area contributed by atoms with Crippen molar-refractivity contribution in [3.8, 4) is 0 Å². The van der Waals surface area contributed by atoms with Gasteiger partial charge in [-0.3, -0.25) is 14.2 Å². The van der Waals surface area contributed by atoms with Crippen molar-refractivity contribution in [1.82, 2.24) is 9.55 Å². The van der Waals surface area contributed by atoms with Gasteiger partial charge in [0.2, 0.25) is 0 Å². The van der Waals surface area contributed by atoms with Gasteiger partial charge in [-0.2, -0.15) is 0 Å². The van der Waals surface area contributed by atoms with Gasteiger partial charge in [0.1, 0.15) is 4.83 Å². The number of anilines is 1. The molecule has 6 heteroatoms. The monoisotopic (exact) mass is 369 g/mol. The summed E-state index contributed by atoms with van der Waals surface area (Å²) in [7, 11) is 0. The SMILES string of the molecule is CCCCCn1cnc2sc(C(=O)Nc3cccc(C)c3)c(C)c2c1=O. The largest absolute Gasteiger partial charge is 0.321 e. The molecule has 2 aromatic heterocycles. The van der Waals surface area contributed by atoms with E-state index in [0.717, 1.165) is 30.5 Å². The van der Waals surface area contributed by atoms with Crippen LogP contribution in [0.4, 0.5) is 5.69 Å². The molecule has 0 saturated carbocycles. The highest BCUT2D eigenvalue weighted by molar-refractivity contribution is 7.20. The second-order valence-corrected chi connectivity index (χ2v) is 7.51. The van der Waals surface area contributed by atoms with Crippen molar-refractivity contribution >= 4 is 33.1 Å². The lowest BCUT2D eigenvalue weighted by Crippen LogP contribution is -2.20. The maximum absolute atomic E-state index is 12.8. The van der Waals surface area contributed by atoms with Crippen LogP contribution in [0, 0.1) is 13.8 Å². The van der Waals surface area contributed by atoms with Crippen LogP contribution in [0.2, 0.25) is 0 Å². The molecule has 1 amide bonds. The molecule has 136 valence electrons. The summed E-state index contributed by atoms with van der Waals surface area (Å²) in [5.41, 5.74) is 2.47. The summed E-state index contributed by atoms with van der Waals surface area (Å²) >= 11 is 1.27. The lowest BCUT2D eigenvalue weighted by atomic mass is 10.2. The van der Waals surface area contributed by atoms with E-state index in [1.165, 1.54) is 11.3 Å². The molecule has 3 aromatic rings. The van der Waals surface area contributed by atoms with Gasteiger partial charge in [0, 0.05) is 12.2 Å². The smallest absolute Gasteiger partial charge is 0.266 e. The molecule has 0 bridgehead atoms. The van der Waals surface area contributed by atoms with Crippen molar-refractivity contribution in [3.63, 3.8) is 0 Å². The first-order valence-electron chi connectivity index (χ1n) is 8.87. The molecular weight excluding hydrogens is 346 g/mol. The fourth-order valence-electron chi connectivity index (χ4n) is 2.98. The average Bonchev–Trinajstić information content (AvgIpc) is 2.95. The third kappa shape index (κ3) is 3.70. The molecule has 3 rings (SSSR count). The molecular formula is C20H23N3O2S. The van der Waals surface area contributed by atoms with Gasteiger partial charge in [-0.15, -0.1) is 11.3 Å². The van der Waals surface area contributed by atoms with Crippen LogP contribution in [0.3, 0.4) is 0 Å². The van der Waals surface area contributed by atoms with Crippen LogP contribution < -0.4 is 10.9 Å².